The van der Waals surface area contributed by atoms with Gasteiger partial charge in [-0.25, -0.2) is 0 Å². The Bertz CT molecular complexity index is 641. The summed E-state index contributed by atoms with van der Waals surface area (Å²) in [4.78, 5) is 12.0. The topological polar surface area (TPSA) is 41.1 Å². The van der Waals surface area contributed by atoms with Crippen molar-refractivity contribution in [3.8, 4) is 0 Å². The largest absolute Gasteiger partial charge is 0.295 e. The molecule has 7 heteroatoms. The van der Waals surface area contributed by atoms with Gasteiger partial charge in [0.2, 0.25) is 0 Å². The highest BCUT2D eigenvalue weighted by atomic mass is 79.9. The van der Waals surface area contributed by atoms with Crippen LogP contribution in [0.4, 0.5) is 5.69 Å². The molecular formula is C13H8BrCl3N2O. The van der Waals surface area contributed by atoms with Crippen molar-refractivity contribution in [1.82, 2.24) is 5.43 Å². The summed E-state index contributed by atoms with van der Waals surface area (Å²) in [6.45, 7) is 0. The third kappa shape index (κ3) is 3.79. The zero-order valence-electron chi connectivity index (χ0n) is 9.88. The van der Waals surface area contributed by atoms with E-state index in [0.717, 1.165) is 4.47 Å². The first-order valence-electron chi connectivity index (χ1n) is 5.44. The number of carbonyl (C=O) groups excluding carboxylic acids is 1. The Balaban J connectivity index is 2.11. The molecule has 0 bridgehead atoms. The molecule has 0 aliphatic rings. The minimum Gasteiger partial charge on any atom is -0.295 e. The number of benzene rings is 2. The van der Waals surface area contributed by atoms with Crippen molar-refractivity contribution in [2.24, 2.45) is 0 Å². The molecule has 3 nitrogen and oxygen atoms in total. The number of hydrazine groups is 1. The number of carbonyl (C=O) groups is 1. The Hall–Kier alpha value is -0.940. The van der Waals surface area contributed by atoms with Crippen LogP contribution in [0.5, 0.6) is 0 Å². The van der Waals surface area contributed by atoms with Gasteiger partial charge in [-0.15, -0.1) is 0 Å². The monoisotopic (exact) mass is 392 g/mol. The Labute approximate surface area is 139 Å². The van der Waals surface area contributed by atoms with Crippen LogP contribution in [0.3, 0.4) is 0 Å². The third-order valence-corrected chi connectivity index (χ3v) is 3.70. The van der Waals surface area contributed by atoms with Crippen molar-refractivity contribution in [3.63, 3.8) is 0 Å². The molecule has 1 amide bonds. The molecule has 2 aromatic rings. The number of rotatable bonds is 3. The van der Waals surface area contributed by atoms with Gasteiger partial charge in [0.1, 0.15) is 0 Å². The average Bonchev–Trinajstić information content (AvgIpc) is 2.37. The van der Waals surface area contributed by atoms with E-state index in [1.54, 1.807) is 18.2 Å². The van der Waals surface area contributed by atoms with Gasteiger partial charge in [0, 0.05) is 15.1 Å². The SMILES string of the molecule is O=C(NNc1c(Cl)cc(Cl)cc1Cl)c1cccc(Br)c1. The standard InChI is InChI=1S/C13H8BrCl3N2O/c14-8-3-1-2-7(4-8)13(20)19-18-12-10(16)5-9(15)6-11(12)17/h1-6,18H,(H,19,20). The summed E-state index contributed by atoms with van der Waals surface area (Å²) in [6.07, 6.45) is 0. The first-order chi connectivity index (χ1) is 9.47. The summed E-state index contributed by atoms with van der Waals surface area (Å²) >= 11 is 21.1. The third-order valence-electron chi connectivity index (χ3n) is 2.39. The molecule has 0 saturated carbocycles. The van der Waals surface area contributed by atoms with E-state index in [0.29, 0.717) is 26.3 Å². The minimum atomic E-state index is -0.312. The van der Waals surface area contributed by atoms with Gasteiger partial charge >= 0.3 is 0 Å². The van der Waals surface area contributed by atoms with Crippen molar-refractivity contribution in [2.75, 3.05) is 5.43 Å². The fraction of sp³-hybridized carbons (Fsp3) is 0. The predicted octanol–water partition coefficient (Wildman–Crippen LogP) is 5.17. The number of amides is 1. The maximum atomic E-state index is 12.0. The maximum Gasteiger partial charge on any atom is 0.269 e. The quantitative estimate of drug-likeness (QED) is 0.706. The normalized spacial score (nSPS) is 10.2. The Morgan fingerprint density at radius 1 is 1.05 bits per heavy atom. The summed E-state index contributed by atoms with van der Waals surface area (Å²) < 4.78 is 0.813. The summed E-state index contributed by atoms with van der Waals surface area (Å²) in [5.41, 5.74) is 6.09. The van der Waals surface area contributed by atoms with E-state index < -0.39 is 0 Å². The first kappa shape index (κ1) is 15.4. The highest BCUT2D eigenvalue weighted by Crippen LogP contribution is 2.33. The van der Waals surface area contributed by atoms with Crippen molar-refractivity contribution < 1.29 is 4.79 Å². The van der Waals surface area contributed by atoms with E-state index in [1.165, 1.54) is 12.1 Å². The molecule has 0 aliphatic carbocycles. The van der Waals surface area contributed by atoms with Crippen molar-refractivity contribution in [2.45, 2.75) is 0 Å². The molecular weight excluding hydrogens is 386 g/mol. The molecule has 0 radical (unpaired) electrons. The van der Waals surface area contributed by atoms with Gasteiger partial charge in [-0.05, 0) is 30.3 Å². The van der Waals surface area contributed by atoms with Crippen LogP contribution in [0.25, 0.3) is 0 Å². The molecule has 0 aromatic heterocycles. The fourth-order valence-corrected chi connectivity index (χ4v) is 2.79. The Morgan fingerprint density at radius 2 is 1.70 bits per heavy atom. The minimum absolute atomic E-state index is 0.312. The van der Waals surface area contributed by atoms with Crippen LogP contribution in [-0.2, 0) is 0 Å². The maximum absolute atomic E-state index is 12.0. The summed E-state index contributed by atoms with van der Waals surface area (Å²) in [5, 5.41) is 1.05. The van der Waals surface area contributed by atoms with E-state index in [4.69, 9.17) is 34.8 Å². The molecule has 2 aromatic carbocycles. The molecule has 0 aliphatic heterocycles. The molecule has 2 N–H and O–H groups in total. The van der Waals surface area contributed by atoms with Gasteiger partial charge in [0.05, 0.1) is 15.7 Å². The lowest BCUT2D eigenvalue weighted by Crippen LogP contribution is -2.29. The second kappa shape index (κ2) is 6.68. The van der Waals surface area contributed by atoms with E-state index in [2.05, 4.69) is 26.8 Å². The van der Waals surface area contributed by atoms with Crippen LogP contribution in [0.2, 0.25) is 15.1 Å². The van der Waals surface area contributed by atoms with E-state index in [1.807, 2.05) is 6.07 Å². The lowest BCUT2D eigenvalue weighted by Gasteiger charge is -2.12. The molecule has 104 valence electrons. The Kier molecular flexibility index (Phi) is 5.16. The van der Waals surface area contributed by atoms with E-state index in [9.17, 15) is 4.79 Å². The highest BCUT2D eigenvalue weighted by Gasteiger charge is 2.10. The summed E-state index contributed by atoms with van der Waals surface area (Å²) in [7, 11) is 0. The van der Waals surface area contributed by atoms with Gasteiger partial charge in [-0.1, -0.05) is 56.8 Å². The molecule has 0 saturated heterocycles. The van der Waals surface area contributed by atoms with Gasteiger partial charge in [0.25, 0.3) is 5.91 Å². The average molecular weight is 394 g/mol. The molecule has 0 atom stereocenters. The van der Waals surface area contributed by atoms with Crippen LogP contribution < -0.4 is 10.9 Å². The number of halogens is 4. The number of anilines is 1. The van der Waals surface area contributed by atoms with Crippen molar-refractivity contribution in [1.29, 1.82) is 0 Å². The predicted molar refractivity (Wildman–Crippen MR) is 86.7 cm³/mol. The van der Waals surface area contributed by atoms with Crippen LogP contribution >= 0.6 is 50.7 Å². The fourth-order valence-electron chi connectivity index (χ4n) is 1.48. The molecule has 0 spiro atoms. The van der Waals surface area contributed by atoms with E-state index >= 15 is 0 Å². The molecule has 0 heterocycles. The van der Waals surface area contributed by atoms with Gasteiger partial charge in [-0.3, -0.25) is 15.6 Å². The first-order valence-corrected chi connectivity index (χ1v) is 7.36. The lowest BCUT2D eigenvalue weighted by atomic mass is 10.2. The molecule has 0 fully saturated rings. The smallest absolute Gasteiger partial charge is 0.269 e. The van der Waals surface area contributed by atoms with Gasteiger partial charge in [-0.2, -0.15) is 0 Å². The van der Waals surface area contributed by atoms with Gasteiger partial charge in [0.15, 0.2) is 0 Å². The summed E-state index contributed by atoms with van der Waals surface area (Å²) in [6, 6.07) is 10.0. The Morgan fingerprint density at radius 3 is 2.30 bits per heavy atom. The summed E-state index contributed by atoms with van der Waals surface area (Å²) in [5.74, 6) is -0.312. The van der Waals surface area contributed by atoms with Crippen LogP contribution in [0, 0.1) is 0 Å². The van der Waals surface area contributed by atoms with Crippen LogP contribution in [0.15, 0.2) is 40.9 Å². The zero-order chi connectivity index (χ0) is 14.7. The number of nitrogens with one attached hydrogen (secondary N) is 2. The molecule has 0 unspecified atom stereocenters. The van der Waals surface area contributed by atoms with Crippen LogP contribution in [0.1, 0.15) is 10.4 Å². The second-order valence-electron chi connectivity index (χ2n) is 3.83. The molecule has 2 rings (SSSR count). The lowest BCUT2D eigenvalue weighted by molar-refractivity contribution is 0.0962. The highest BCUT2D eigenvalue weighted by molar-refractivity contribution is 9.10. The zero-order valence-corrected chi connectivity index (χ0v) is 13.7. The van der Waals surface area contributed by atoms with Crippen molar-refractivity contribution >= 4 is 62.3 Å². The number of hydrogen-bond acceptors (Lipinski definition) is 2. The number of hydrogen-bond donors (Lipinski definition) is 2. The second-order valence-corrected chi connectivity index (χ2v) is 6.00. The van der Waals surface area contributed by atoms with Crippen molar-refractivity contribution in [3.05, 3.63) is 61.5 Å². The van der Waals surface area contributed by atoms with Crippen LogP contribution in [-0.4, -0.2) is 5.91 Å². The van der Waals surface area contributed by atoms with Gasteiger partial charge < -0.3 is 0 Å². The van der Waals surface area contributed by atoms with E-state index in [-0.39, 0.29) is 5.91 Å². The molecule has 20 heavy (non-hydrogen) atoms.